The highest BCUT2D eigenvalue weighted by atomic mass is 16.3. The predicted molar refractivity (Wildman–Crippen MR) is 123 cm³/mol. The molecule has 1 fully saturated rings. The number of rotatable bonds is 4. The molecule has 7 heteroatoms. The van der Waals surface area contributed by atoms with Crippen LogP contribution in [0, 0.1) is 0 Å². The van der Waals surface area contributed by atoms with E-state index in [4.69, 9.17) is 5.73 Å². The van der Waals surface area contributed by atoms with E-state index in [1.54, 1.807) is 19.3 Å². The Morgan fingerprint density at radius 2 is 1.97 bits per heavy atom. The molecule has 4 rings (SSSR count). The van der Waals surface area contributed by atoms with E-state index in [1.807, 2.05) is 18.3 Å². The van der Waals surface area contributed by atoms with Crippen molar-refractivity contribution < 1.29 is 5.11 Å². The number of nitrogens with zero attached hydrogens (tertiary/aromatic N) is 5. The SMILES string of the molecule is CN=Cc1cc(-c2ccc3cc(N4CCC(N(C)C)CC4)cnc3n2)c(O)cc1N. The number of aromatic nitrogens is 2. The van der Waals surface area contributed by atoms with Crippen molar-refractivity contribution in [3.63, 3.8) is 0 Å². The molecule has 0 spiro atoms. The number of nitrogen functional groups attached to an aromatic ring is 1. The molecule has 1 saturated heterocycles. The Morgan fingerprint density at radius 1 is 1.20 bits per heavy atom. The van der Waals surface area contributed by atoms with E-state index in [0.29, 0.717) is 28.6 Å². The van der Waals surface area contributed by atoms with Crippen LogP contribution in [0.15, 0.2) is 41.5 Å². The molecule has 2 aromatic heterocycles. The van der Waals surface area contributed by atoms with Crippen LogP contribution < -0.4 is 10.6 Å². The fraction of sp³-hybridized carbons (Fsp3) is 0.348. The lowest BCUT2D eigenvalue weighted by Gasteiger charge is -2.36. The highest BCUT2D eigenvalue weighted by Crippen LogP contribution is 2.33. The van der Waals surface area contributed by atoms with Gasteiger partial charge < -0.3 is 20.6 Å². The molecule has 1 aromatic carbocycles. The average molecular weight is 405 g/mol. The Balaban J connectivity index is 1.62. The first kappa shape index (κ1) is 20.1. The number of benzene rings is 1. The molecule has 0 unspecified atom stereocenters. The normalized spacial score (nSPS) is 15.5. The van der Waals surface area contributed by atoms with E-state index >= 15 is 0 Å². The van der Waals surface area contributed by atoms with Crippen molar-refractivity contribution in [1.82, 2.24) is 14.9 Å². The first-order valence-electron chi connectivity index (χ1n) is 10.2. The number of aromatic hydroxyl groups is 1. The van der Waals surface area contributed by atoms with Gasteiger partial charge in [-0.15, -0.1) is 0 Å². The highest BCUT2D eigenvalue weighted by Gasteiger charge is 2.21. The molecule has 156 valence electrons. The molecule has 3 aromatic rings. The Bertz CT molecular complexity index is 1090. The minimum atomic E-state index is 0.0907. The van der Waals surface area contributed by atoms with Crippen molar-refractivity contribution in [2.45, 2.75) is 18.9 Å². The monoisotopic (exact) mass is 404 g/mol. The first-order chi connectivity index (χ1) is 14.5. The van der Waals surface area contributed by atoms with Gasteiger partial charge in [-0.3, -0.25) is 4.99 Å². The van der Waals surface area contributed by atoms with E-state index in [9.17, 15) is 5.11 Å². The van der Waals surface area contributed by atoms with Crippen LogP contribution in [-0.4, -0.2) is 66.5 Å². The zero-order valence-corrected chi connectivity index (χ0v) is 17.7. The van der Waals surface area contributed by atoms with Gasteiger partial charge in [0, 0.05) is 60.7 Å². The maximum absolute atomic E-state index is 10.4. The smallest absolute Gasteiger partial charge is 0.159 e. The second-order valence-corrected chi connectivity index (χ2v) is 8.00. The van der Waals surface area contributed by atoms with Crippen LogP contribution in [-0.2, 0) is 0 Å². The van der Waals surface area contributed by atoms with Gasteiger partial charge in [0.05, 0.1) is 17.6 Å². The Morgan fingerprint density at radius 3 is 2.67 bits per heavy atom. The van der Waals surface area contributed by atoms with Gasteiger partial charge in [0.25, 0.3) is 0 Å². The van der Waals surface area contributed by atoms with Crippen LogP contribution in [0.5, 0.6) is 5.75 Å². The van der Waals surface area contributed by atoms with E-state index in [1.165, 1.54) is 6.07 Å². The van der Waals surface area contributed by atoms with Crippen LogP contribution in [0.1, 0.15) is 18.4 Å². The number of phenolic OH excluding ortho intramolecular Hbond substituents is 1. The summed E-state index contributed by atoms with van der Waals surface area (Å²) in [5.41, 5.74) is 10.2. The number of nitrogens with two attached hydrogens (primary N) is 1. The molecule has 0 radical (unpaired) electrons. The lowest BCUT2D eigenvalue weighted by atomic mass is 10.0. The highest BCUT2D eigenvalue weighted by molar-refractivity contribution is 5.91. The van der Waals surface area contributed by atoms with Crippen molar-refractivity contribution in [3.8, 4) is 17.0 Å². The summed E-state index contributed by atoms with van der Waals surface area (Å²) in [6.45, 7) is 2.06. The maximum atomic E-state index is 10.4. The van der Waals surface area contributed by atoms with Gasteiger partial charge in [0.15, 0.2) is 5.65 Å². The Kier molecular flexibility index (Phi) is 5.55. The summed E-state index contributed by atoms with van der Waals surface area (Å²) >= 11 is 0. The van der Waals surface area contributed by atoms with Gasteiger partial charge >= 0.3 is 0 Å². The summed E-state index contributed by atoms with van der Waals surface area (Å²) in [4.78, 5) is 18.0. The third kappa shape index (κ3) is 3.93. The molecule has 30 heavy (non-hydrogen) atoms. The number of phenols is 1. The lowest BCUT2D eigenvalue weighted by Crippen LogP contribution is -2.42. The zero-order valence-electron chi connectivity index (χ0n) is 17.7. The maximum Gasteiger partial charge on any atom is 0.159 e. The number of hydrogen-bond acceptors (Lipinski definition) is 7. The lowest BCUT2D eigenvalue weighted by molar-refractivity contribution is 0.249. The second kappa shape index (κ2) is 8.28. The predicted octanol–water partition coefficient (Wildman–Crippen LogP) is 3.16. The summed E-state index contributed by atoms with van der Waals surface area (Å²) in [5.74, 6) is 0.0907. The van der Waals surface area contributed by atoms with Crippen molar-refractivity contribution in [3.05, 3.63) is 42.1 Å². The third-order valence-electron chi connectivity index (χ3n) is 5.83. The Hall–Kier alpha value is -3.19. The summed E-state index contributed by atoms with van der Waals surface area (Å²) in [7, 11) is 5.99. The molecule has 0 saturated carbocycles. The molecular weight excluding hydrogens is 376 g/mol. The zero-order chi connectivity index (χ0) is 21.3. The molecule has 3 heterocycles. The quantitative estimate of drug-likeness (QED) is 0.513. The second-order valence-electron chi connectivity index (χ2n) is 8.00. The molecular formula is C23H28N6O. The van der Waals surface area contributed by atoms with Crippen LogP contribution in [0.3, 0.4) is 0 Å². The van der Waals surface area contributed by atoms with E-state index < -0.39 is 0 Å². The molecule has 1 aliphatic rings. The molecule has 0 bridgehead atoms. The first-order valence-corrected chi connectivity index (χ1v) is 10.2. The van der Waals surface area contributed by atoms with Crippen molar-refractivity contribution >= 4 is 28.6 Å². The van der Waals surface area contributed by atoms with Gasteiger partial charge in [0.1, 0.15) is 5.75 Å². The van der Waals surface area contributed by atoms with Gasteiger partial charge in [-0.2, -0.15) is 0 Å². The van der Waals surface area contributed by atoms with Gasteiger partial charge in [-0.25, -0.2) is 9.97 Å². The number of fused-ring (bicyclic) bond motifs is 1. The minimum absolute atomic E-state index is 0.0907. The molecule has 7 nitrogen and oxygen atoms in total. The van der Waals surface area contributed by atoms with Crippen molar-refractivity contribution in [2.24, 2.45) is 4.99 Å². The van der Waals surface area contributed by atoms with Crippen LogP contribution in [0.2, 0.25) is 0 Å². The molecule has 0 atom stereocenters. The van der Waals surface area contributed by atoms with Crippen LogP contribution in [0.4, 0.5) is 11.4 Å². The largest absolute Gasteiger partial charge is 0.507 e. The average Bonchev–Trinajstić information content (AvgIpc) is 2.75. The van der Waals surface area contributed by atoms with Gasteiger partial charge in [-0.05, 0) is 51.2 Å². The summed E-state index contributed by atoms with van der Waals surface area (Å²) < 4.78 is 0. The van der Waals surface area contributed by atoms with Crippen LogP contribution >= 0.6 is 0 Å². The number of piperidine rings is 1. The number of pyridine rings is 2. The van der Waals surface area contributed by atoms with Crippen LogP contribution in [0.25, 0.3) is 22.3 Å². The number of anilines is 2. The van der Waals surface area contributed by atoms with E-state index in [2.05, 4.69) is 44.9 Å². The Labute approximate surface area is 176 Å². The third-order valence-corrected chi connectivity index (χ3v) is 5.83. The molecule has 0 aliphatic carbocycles. The molecule has 1 aliphatic heterocycles. The number of hydrogen-bond donors (Lipinski definition) is 2. The van der Waals surface area contributed by atoms with Crippen molar-refractivity contribution in [2.75, 3.05) is 44.9 Å². The fourth-order valence-electron chi connectivity index (χ4n) is 4.04. The van der Waals surface area contributed by atoms with Crippen molar-refractivity contribution in [1.29, 1.82) is 0 Å². The summed E-state index contributed by atoms with van der Waals surface area (Å²) in [6.07, 6.45) is 5.88. The summed E-state index contributed by atoms with van der Waals surface area (Å²) in [5, 5.41) is 11.4. The van der Waals surface area contributed by atoms with E-state index in [-0.39, 0.29) is 5.75 Å². The number of aliphatic imine (C=N–C) groups is 1. The molecule has 0 amide bonds. The minimum Gasteiger partial charge on any atom is -0.507 e. The van der Waals surface area contributed by atoms with Gasteiger partial charge in [-0.1, -0.05) is 0 Å². The van der Waals surface area contributed by atoms with Gasteiger partial charge in [0.2, 0.25) is 0 Å². The summed E-state index contributed by atoms with van der Waals surface area (Å²) in [6, 6.07) is 10.0. The topological polar surface area (TPSA) is 90.9 Å². The van der Waals surface area contributed by atoms with E-state index in [0.717, 1.165) is 42.6 Å². The standard InChI is InChI=1S/C23H28N6O/c1-25-13-16-11-19(22(30)12-20(16)24)21-5-4-15-10-18(14-26-23(15)27-21)29-8-6-17(7-9-29)28(2)3/h4-5,10-14,17,30H,6-9,24H2,1-3H3. The fourth-order valence-corrected chi connectivity index (χ4v) is 4.04. The molecule has 3 N–H and O–H groups in total.